The van der Waals surface area contributed by atoms with Crippen LogP contribution in [0, 0.1) is 11.3 Å². The lowest BCUT2D eigenvalue weighted by Gasteiger charge is -2.29. The van der Waals surface area contributed by atoms with Crippen molar-refractivity contribution in [1.82, 2.24) is 5.32 Å². The van der Waals surface area contributed by atoms with Crippen molar-refractivity contribution in [3.05, 3.63) is 35.4 Å². The lowest BCUT2D eigenvalue weighted by Crippen LogP contribution is -2.39. The van der Waals surface area contributed by atoms with E-state index < -0.39 is 0 Å². The number of hydrogen-bond acceptors (Lipinski definition) is 3. The van der Waals surface area contributed by atoms with Crippen LogP contribution in [0.15, 0.2) is 24.3 Å². The summed E-state index contributed by atoms with van der Waals surface area (Å²) in [7, 11) is 0. The molecule has 0 unspecified atom stereocenters. The number of carbonyl (C=O) groups is 1. The maximum atomic E-state index is 12.1. The summed E-state index contributed by atoms with van der Waals surface area (Å²) in [5, 5.41) is 11.8. The molecule has 4 heteroatoms. The van der Waals surface area contributed by atoms with Crippen molar-refractivity contribution in [3.63, 3.8) is 0 Å². The molecule has 0 atom stereocenters. The van der Waals surface area contributed by atoms with Gasteiger partial charge in [0.25, 0.3) is 5.91 Å². The molecule has 0 radical (unpaired) electrons. The fraction of sp³-hybridized carbons (Fsp3) is 0.467. The maximum Gasteiger partial charge on any atom is 0.251 e. The number of nitrogens with one attached hydrogen (secondary N) is 1. The monoisotopic (exact) mass is 276 g/mol. The van der Waals surface area contributed by atoms with Crippen LogP contribution >= 0.6 is 11.8 Å². The van der Waals surface area contributed by atoms with Gasteiger partial charge >= 0.3 is 0 Å². The molecule has 0 spiro atoms. The van der Waals surface area contributed by atoms with Gasteiger partial charge in [0, 0.05) is 16.9 Å². The third-order valence-electron chi connectivity index (χ3n) is 3.55. The molecule has 1 aromatic rings. The molecule has 0 heterocycles. The molecule has 0 saturated carbocycles. The molecule has 0 saturated heterocycles. The van der Waals surface area contributed by atoms with Gasteiger partial charge in [-0.2, -0.15) is 17.0 Å². The van der Waals surface area contributed by atoms with Gasteiger partial charge in [-0.3, -0.25) is 4.79 Å². The van der Waals surface area contributed by atoms with E-state index in [1.807, 2.05) is 6.07 Å². The van der Waals surface area contributed by atoms with Crippen LogP contribution in [0.25, 0.3) is 0 Å². The van der Waals surface area contributed by atoms with Gasteiger partial charge in [0.2, 0.25) is 0 Å². The Labute approximate surface area is 119 Å². The average molecular weight is 276 g/mol. The molecule has 1 amide bonds. The summed E-state index contributed by atoms with van der Waals surface area (Å²) in [4.78, 5) is 12.1. The molecule has 1 N–H and O–H groups in total. The summed E-state index contributed by atoms with van der Waals surface area (Å²) < 4.78 is 0.0997. The van der Waals surface area contributed by atoms with E-state index in [1.54, 1.807) is 36.0 Å². The predicted molar refractivity (Wildman–Crippen MR) is 80.3 cm³/mol. The quantitative estimate of drug-likeness (QED) is 0.868. The summed E-state index contributed by atoms with van der Waals surface area (Å²) in [6.45, 7) is 4.93. The lowest BCUT2D eigenvalue weighted by atomic mass is 10.0. The fourth-order valence-electron chi connectivity index (χ4n) is 1.93. The van der Waals surface area contributed by atoms with E-state index in [9.17, 15) is 4.79 Å². The normalized spacial score (nSPS) is 10.8. The Bertz CT molecular complexity index is 467. The molecule has 1 aromatic carbocycles. The third-order valence-corrected chi connectivity index (χ3v) is 5.13. The first-order chi connectivity index (χ1) is 9.10. The second kappa shape index (κ2) is 7.20. The molecule has 3 nitrogen and oxygen atoms in total. The minimum absolute atomic E-state index is 0.0997. The van der Waals surface area contributed by atoms with Crippen LogP contribution in [0.5, 0.6) is 0 Å². The topological polar surface area (TPSA) is 52.9 Å². The van der Waals surface area contributed by atoms with Crippen LogP contribution in [-0.2, 0) is 0 Å². The number of benzene rings is 1. The number of thioether (sulfide) groups is 1. The minimum atomic E-state index is -0.113. The Morgan fingerprint density at radius 3 is 2.63 bits per heavy atom. The summed E-state index contributed by atoms with van der Waals surface area (Å²) in [5.41, 5.74) is 1.05. The zero-order valence-electron chi connectivity index (χ0n) is 11.7. The first-order valence-electron chi connectivity index (χ1n) is 6.44. The van der Waals surface area contributed by atoms with Crippen molar-refractivity contribution >= 4 is 17.7 Å². The molecule has 0 aliphatic heterocycles. The van der Waals surface area contributed by atoms with Gasteiger partial charge in [0.1, 0.15) is 0 Å². The molecule has 0 bridgehead atoms. The highest BCUT2D eigenvalue weighted by molar-refractivity contribution is 8.00. The SMILES string of the molecule is CCC(CC)(CNC(=O)c1cccc(C#N)c1)SC. The summed E-state index contributed by atoms with van der Waals surface area (Å²) in [6.07, 6.45) is 4.11. The van der Waals surface area contributed by atoms with Crippen LogP contribution in [0.2, 0.25) is 0 Å². The Hall–Kier alpha value is -1.47. The van der Waals surface area contributed by atoms with Gasteiger partial charge in [0.05, 0.1) is 11.6 Å². The summed E-state index contributed by atoms with van der Waals surface area (Å²) in [6, 6.07) is 8.82. The molecule has 19 heavy (non-hydrogen) atoms. The van der Waals surface area contributed by atoms with E-state index >= 15 is 0 Å². The Kier molecular flexibility index (Phi) is 5.91. The zero-order valence-corrected chi connectivity index (χ0v) is 12.5. The van der Waals surface area contributed by atoms with Gasteiger partial charge in [0.15, 0.2) is 0 Å². The Balaban J connectivity index is 2.72. The highest BCUT2D eigenvalue weighted by Crippen LogP contribution is 2.29. The number of carbonyl (C=O) groups excluding carboxylic acids is 1. The number of nitriles is 1. The second-order valence-electron chi connectivity index (χ2n) is 4.47. The molecule has 102 valence electrons. The van der Waals surface area contributed by atoms with E-state index in [4.69, 9.17) is 5.26 Å². The highest BCUT2D eigenvalue weighted by Gasteiger charge is 2.25. The molecule has 1 rings (SSSR count). The van der Waals surface area contributed by atoms with Crippen molar-refractivity contribution in [1.29, 1.82) is 5.26 Å². The predicted octanol–water partition coefficient (Wildman–Crippen LogP) is 3.21. The molecule has 0 aromatic heterocycles. The Morgan fingerprint density at radius 1 is 1.42 bits per heavy atom. The van der Waals surface area contributed by atoms with Crippen molar-refractivity contribution in [2.75, 3.05) is 12.8 Å². The van der Waals surface area contributed by atoms with E-state index in [1.165, 1.54) is 0 Å². The standard InChI is InChI=1S/C15H20N2OS/c1-4-15(5-2,19-3)11-17-14(18)13-8-6-7-12(9-13)10-16/h6-9H,4-5,11H2,1-3H3,(H,17,18). The van der Waals surface area contributed by atoms with Gasteiger partial charge in [-0.15, -0.1) is 0 Å². The van der Waals surface area contributed by atoms with Crippen molar-refractivity contribution < 1.29 is 4.79 Å². The molecule has 0 fully saturated rings. The van der Waals surface area contributed by atoms with Gasteiger partial charge < -0.3 is 5.32 Å². The molecular weight excluding hydrogens is 256 g/mol. The number of hydrogen-bond donors (Lipinski definition) is 1. The van der Waals surface area contributed by atoms with E-state index in [-0.39, 0.29) is 10.7 Å². The van der Waals surface area contributed by atoms with Crippen LogP contribution in [0.1, 0.15) is 42.6 Å². The number of nitrogens with zero attached hydrogens (tertiary/aromatic N) is 1. The zero-order chi connectivity index (χ0) is 14.3. The first-order valence-corrected chi connectivity index (χ1v) is 7.66. The third kappa shape index (κ3) is 4.00. The van der Waals surface area contributed by atoms with Gasteiger partial charge in [-0.25, -0.2) is 0 Å². The second-order valence-corrected chi connectivity index (χ2v) is 5.74. The van der Waals surface area contributed by atoms with Crippen LogP contribution in [-0.4, -0.2) is 23.5 Å². The van der Waals surface area contributed by atoms with E-state index in [0.717, 1.165) is 12.8 Å². The van der Waals surface area contributed by atoms with Gasteiger partial charge in [-0.05, 0) is 37.3 Å². The summed E-state index contributed by atoms with van der Waals surface area (Å²) in [5.74, 6) is -0.113. The maximum absolute atomic E-state index is 12.1. The van der Waals surface area contributed by atoms with Crippen LogP contribution < -0.4 is 5.32 Å². The lowest BCUT2D eigenvalue weighted by molar-refractivity contribution is 0.0949. The largest absolute Gasteiger partial charge is 0.351 e. The summed E-state index contributed by atoms with van der Waals surface area (Å²) >= 11 is 1.80. The average Bonchev–Trinajstić information content (AvgIpc) is 2.49. The van der Waals surface area contributed by atoms with E-state index in [2.05, 4.69) is 25.4 Å². The number of rotatable bonds is 6. The van der Waals surface area contributed by atoms with Crippen LogP contribution in [0.3, 0.4) is 0 Å². The van der Waals surface area contributed by atoms with E-state index in [0.29, 0.717) is 17.7 Å². The van der Waals surface area contributed by atoms with Gasteiger partial charge in [-0.1, -0.05) is 19.9 Å². The van der Waals surface area contributed by atoms with Crippen molar-refractivity contribution in [2.24, 2.45) is 0 Å². The Morgan fingerprint density at radius 2 is 2.11 bits per heavy atom. The molecular formula is C15H20N2OS. The fourth-order valence-corrected chi connectivity index (χ4v) is 2.73. The molecule has 0 aliphatic carbocycles. The first kappa shape index (κ1) is 15.6. The van der Waals surface area contributed by atoms with Crippen molar-refractivity contribution in [3.8, 4) is 6.07 Å². The molecule has 0 aliphatic rings. The van der Waals surface area contributed by atoms with Crippen molar-refractivity contribution in [2.45, 2.75) is 31.4 Å². The van der Waals surface area contributed by atoms with Crippen LogP contribution in [0.4, 0.5) is 0 Å². The minimum Gasteiger partial charge on any atom is -0.351 e. The highest BCUT2D eigenvalue weighted by atomic mass is 32.2. The smallest absolute Gasteiger partial charge is 0.251 e. The number of amides is 1.